The Labute approximate surface area is 223 Å². The van der Waals surface area contributed by atoms with Crippen LogP contribution in [-0.2, 0) is 13.7 Å². The van der Waals surface area contributed by atoms with E-state index in [0.717, 1.165) is 4.90 Å². The number of hydrogen-bond acceptors (Lipinski definition) is 4. The van der Waals surface area contributed by atoms with E-state index in [1.54, 1.807) is 42.5 Å². The van der Waals surface area contributed by atoms with Crippen LogP contribution in [-0.4, -0.2) is 43.2 Å². The summed E-state index contributed by atoms with van der Waals surface area (Å²) in [6.07, 6.45) is -6.71. The van der Waals surface area contributed by atoms with Crippen molar-refractivity contribution in [3.05, 3.63) is 66.7 Å². The van der Waals surface area contributed by atoms with E-state index >= 15 is 0 Å². The third-order valence-corrected chi connectivity index (χ3v) is 12.8. The van der Waals surface area contributed by atoms with E-state index in [-0.39, 0.29) is 29.2 Å². The zero-order valence-corrected chi connectivity index (χ0v) is 22.0. The van der Waals surface area contributed by atoms with Crippen LogP contribution in [0.4, 0.5) is 39.5 Å². The van der Waals surface area contributed by atoms with Crippen molar-refractivity contribution in [2.45, 2.75) is 50.8 Å². The van der Waals surface area contributed by atoms with Crippen LogP contribution in [0.5, 0.6) is 0 Å². The second kappa shape index (κ2) is 10.1. The van der Waals surface area contributed by atoms with E-state index in [9.17, 15) is 47.9 Å². The molecule has 0 aliphatic carbocycles. The molecule has 3 nitrogen and oxygen atoms in total. The average molecular weight is 623 g/mol. The molecule has 1 saturated heterocycles. The summed E-state index contributed by atoms with van der Waals surface area (Å²) in [5.41, 5.74) is 0. The molecule has 0 amide bonds. The molecule has 0 spiro atoms. The fourth-order valence-corrected chi connectivity index (χ4v) is 10.9. The highest BCUT2D eigenvalue weighted by Crippen LogP contribution is 2.66. The maximum Gasteiger partial charge on any atom is 0.460 e. The number of rotatable bonds is 8. The quantitative estimate of drug-likeness (QED) is 0.236. The smallest absolute Gasteiger partial charge is 0.211 e. The van der Waals surface area contributed by atoms with Crippen molar-refractivity contribution in [1.82, 2.24) is 0 Å². The first-order valence-corrected chi connectivity index (χ1v) is 15.3. The molecule has 15 heteroatoms. The first kappa shape index (κ1) is 29.9. The highest BCUT2D eigenvalue weighted by molar-refractivity contribution is 8.33. The van der Waals surface area contributed by atoms with E-state index in [2.05, 4.69) is 0 Å². The third kappa shape index (κ3) is 4.99. The van der Waals surface area contributed by atoms with Gasteiger partial charge in [-0.25, -0.2) is 3.63 Å². The zero-order valence-electron chi connectivity index (χ0n) is 19.5. The van der Waals surface area contributed by atoms with Gasteiger partial charge in [0.1, 0.15) is 0 Å². The highest BCUT2D eigenvalue weighted by atomic mass is 32.3. The second-order valence-corrected chi connectivity index (χ2v) is 14.6. The van der Waals surface area contributed by atoms with E-state index in [1.807, 2.05) is 12.1 Å². The molecule has 0 aromatic heterocycles. The maximum atomic E-state index is 14.5. The van der Waals surface area contributed by atoms with Crippen LogP contribution >= 0.6 is 22.1 Å². The summed E-state index contributed by atoms with van der Waals surface area (Å²) in [5, 5.41) is -6.01. The topological polar surface area (TPSA) is 43.4 Å². The molecule has 39 heavy (non-hydrogen) atoms. The Morgan fingerprint density at radius 2 is 1.23 bits per heavy atom. The van der Waals surface area contributed by atoms with Crippen molar-refractivity contribution in [2.75, 3.05) is 11.5 Å². The molecule has 0 radical (unpaired) electrons. The maximum absolute atomic E-state index is 14.5. The van der Waals surface area contributed by atoms with Gasteiger partial charge >= 0.3 is 33.4 Å². The van der Waals surface area contributed by atoms with Gasteiger partial charge in [0.2, 0.25) is 0 Å². The van der Waals surface area contributed by atoms with Gasteiger partial charge in [-0.2, -0.15) is 47.9 Å². The Morgan fingerprint density at radius 3 is 1.79 bits per heavy atom. The lowest BCUT2D eigenvalue weighted by Crippen LogP contribution is -2.63. The molecule has 1 fully saturated rings. The number of hydrogen-bond donors (Lipinski definition) is 0. The van der Waals surface area contributed by atoms with E-state index in [4.69, 9.17) is 3.63 Å². The van der Waals surface area contributed by atoms with Crippen molar-refractivity contribution in [2.24, 2.45) is 0 Å². The number of halogens is 9. The fraction of sp³-hybridized carbons (Fsp3) is 0.333. The molecule has 0 saturated carbocycles. The number of fused-ring (bicyclic) bond motifs is 1. The lowest BCUT2D eigenvalue weighted by molar-refractivity contribution is -0.382. The van der Waals surface area contributed by atoms with Gasteiger partial charge in [0.25, 0.3) is 0 Å². The van der Waals surface area contributed by atoms with Gasteiger partial charge in [-0.3, -0.25) is 0 Å². The van der Waals surface area contributed by atoms with Crippen LogP contribution in [0.1, 0.15) is 12.8 Å². The molecule has 0 atom stereocenters. The molecular weight excluding hydrogens is 603 g/mol. The van der Waals surface area contributed by atoms with Crippen LogP contribution in [0.2, 0.25) is 0 Å². The van der Waals surface area contributed by atoms with Crippen LogP contribution in [0.3, 0.4) is 0 Å². The first-order chi connectivity index (χ1) is 18.0. The summed E-state index contributed by atoms with van der Waals surface area (Å²) < 4.78 is 151. The van der Waals surface area contributed by atoms with Crippen molar-refractivity contribution in [1.29, 1.82) is 0 Å². The zero-order chi connectivity index (χ0) is 28.9. The predicted molar refractivity (Wildman–Crippen MR) is 130 cm³/mol. The number of benzene rings is 3. The lowest BCUT2D eigenvalue weighted by Gasteiger charge is -2.38. The van der Waals surface area contributed by atoms with Crippen molar-refractivity contribution in [3.63, 3.8) is 0 Å². The molecule has 4 rings (SSSR count). The molecule has 0 N–H and O–H groups in total. The summed E-state index contributed by atoms with van der Waals surface area (Å²) >= 11 is 1.33. The monoisotopic (exact) mass is 622 g/mol. The third-order valence-electron chi connectivity index (χ3n) is 6.06. The Kier molecular flexibility index (Phi) is 7.71. The van der Waals surface area contributed by atoms with Gasteiger partial charge in [0, 0.05) is 26.2 Å². The Hall–Kier alpha value is -2.10. The fourth-order valence-electron chi connectivity index (χ4n) is 4.10. The second-order valence-electron chi connectivity index (χ2n) is 8.64. The largest absolute Gasteiger partial charge is 0.460 e. The first-order valence-electron chi connectivity index (χ1n) is 11.2. The highest BCUT2D eigenvalue weighted by Gasteiger charge is 2.86. The van der Waals surface area contributed by atoms with Crippen LogP contribution in [0.25, 0.3) is 10.8 Å². The summed E-state index contributed by atoms with van der Waals surface area (Å²) in [4.78, 5) is 1.60. The minimum absolute atomic E-state index is 0.0817. The molecule has 3 aromatic carbocycles. The molecule has 0 unspecified atom stereocenters. The Bertz CT molecular complexity index is 1450. The summed E-state index contributed by atoms with van der Waals surface area (Å²) in [6, 6.07) is 18.4. The SMILES string of the molecule is O=S(=O)(OS1(c2ccc(Sc3ccccc3)c3ccccc23)CCCC1)C(F)(F)C(F)(F)C(F)(F)C(F)(F)F. The summed E-state index contributed by atoms with van der Waals surface area (Å²) in [6.45, 7) is 0. The van der Waals surface area contributed by atoms with E-state index in [0.29, 0.717) is 15.7 Å². The molecule has 1 aliphatic rings. The minimum atomic E-state index is -7.36. The van der Waals surface area contributed by atoms with Gasteiger partial charge < -0.3 is 0 Å². The van der Waals surface area contributed by atoms with E-state index in [1.165, 1.54) is 23.9 Å². The predicted octanol–water partition coefficient (Wildman–Crippen LogP) is 8.64. The van der Waals surface area contributed by atoms with Crippen LogP contribution in [0.15, 0.2) is 81.4 Å². The summed E-state index contributed by atoms with van der Waals surface area (Å²) in [5.74, 6) is -15.1. The van der Waals surface area contributed by atoms with Crippen LogP contribution < -0.4 is 0 Å². The molecule has 1 heterocycles. The molecule has 1 aliphatic heterocycles. The number of alkyl halides is 9. The Balaban J connectivity index is 1.80. The van der Waals surface area contributed by atoms with Crippen molar-refractivity contribution in [3.8, 4) is 0 Å². The van der Waals surface area contributed by atoms with Gasteiger partial charge in [0.05, 0.1) is 0 Å². The Morgan fingerprint density at radius 1 is 0.692 bits per heavy atom. The standard InChI is InChI=1S/C24H19F9O3S3/c25-21(26,23(29,30)31)22(27,28)24(32,33)39(34,35)36-38(14-6-7-15-38)20-13-12-19(17-10-4-5-11-18(17)20)37-16-8-2-1-3-9-16/h1-5,8-13H,6-7,14-15H2. The molecule has 0 bridgehead atoms. The molecule has 214 valence electrons. The lowest BCUT2D eigenvalue weighted by atomic mass is 10.1. The van der Waals surface area contributed by atoms with Crippen LogP contribution in [0, 0.1) is 0 Å². The van der Waals surface area contributed by atoms with Gasteiger partial charge in [-0.1, -0.05) is 64.5 Å². The van der Waals surface area contributed by atoms with Crippen molar-refractivity contribution < 1.29 is 51.6 Å². The average Bonchev–Trinajstić information content (AvgIpc) is 3.32. The summed E-state index contributed by atoms with van der Waals surface area (Å²) in [7, 11) is -10.4. The minimum Gasteiger partial charge on any atom is -0.211 e. The molecular formula is C24H19F9O3S3. The van der Waals surface area contributed by atoms with Gasteiger partial charge in [-0.15, -0.1) is 0 Å². The van der Waals surface area contributed by atoms with Gasteiger partial charge in [0.15, 0.2) is 0 Å². The van der Waals surface area contributed by atoms with Crippen molar-refractivity contribution >= 4 is 43.0 Å². The van der Waals surface area contributed by atoms with Gasteiger partial charge in [-0.05, 0) is 47.9 Å². The molecule has 3 aromatic rings. The normalized spacial score (nSPS) is 17.9. The van der Waals surface area contributed by atoms with E-state index < -0.39 is 43.7 Å².